The van der Waals surface area contributed by atoms with Gasteiger partial charge in [0.05, 0.1) is 6.04 Å². The fraction of sp³-hybridized carbons (Fsp3) is 0.500. The van der Waals surface area contributed by atoms with E-state index >= 15 is 0 Å². The average Bonchev–Trinajstić information content (AvgIpc) is 2.50. The molecule has 1 aliphatic rings. The van der Waals surface area contributed by atoms with Crippen LogP contribution in [0.25, 0.3) is 0 Å². The third-order valence-corrected chi connectivity index (χ3v) is 4.10. The Morgan fingerprint density at radius 2 is 1.84 bits per heavy atom. The van der Waals surface area contributed by atoms with Crippen LogP contribution in [0.4, 0.5) is 8.78 Å². The van der Waals surface area contributed by atoms with Crippen LogP contribution in [0, 0.1) is 12.3 Å². The predicted octanol–water partition coefficient (Wildman–Crippen LogP) is 3.13. The van der Waals surface area contributed by atoms with Crippen molar-refractivity contribution in [1.82, 2.24) is 15.3 Å². The molecule has 1 aromatic rings. The van der Waals surface area contributed by atoms with Crippen LogP contribution in [-0.4, -0.2) is 28.3 Å². The number of halogens is 2. The highest BCUT2D eigenvalue weighted by Crippen LogP contribution is 2.32. The summed E-state index contributed by atoms with van der Waals surface area (Å²) in [6.07, 6.45) is 1.37. The van der Waals surface area contributed by atoms with E-state index in [9.17, 15) is 18.4 Å². The van der Waals surface area contributed by atoms with Crippen molar-refractivity contribution >= 4 is 5.91 Å². The summed E-state index contributed by atoms with van der Waals surface area (Å²) in [7, 11) is 0. The number of aromatic nitrogens is 2. The topological polar surface area (TPSA) is 74.8 Å². The molecule has 0 bridgehead atoms. The Balaban J connectivity index is 2.28. The first-order chi connectivity index (χ1) is 11.6. The van der Waals surface area contributed by atoms with Crippen LogP contribution in [-0.2, 0) is 0 Å². The summed E-state index contributed by atoms with van der Waals surface area (Å²) in [5.74, 6) is -0.106. The van der Waals surface area contributed by atoms with E-state index in [-0.39, 0.29) is 29.1 Å². The summed E-state index contributed by atoms with van der Waals surface area (Å²) in [6.45, 7) is 7.48. The zero-order chi connectivity index (χ0) is 18.8. The van der Waals surface area contributed by atoms with E-state index in [4.69, 9.17) is 0 Å². The molecule has 25 heavy (non-hydrogen) atoms. The maximum Gasteiger partial charge on any atom is 0.270 e. The second-order valence-electron chi connectivity index (χ2n) is 7.27. The van der Waals surface area contributed by atoms with Crippen molar-refractivity contribution in [3.05, 3.63) is 51.2 Å². The van der Waals surface area contributed by atoms with E-state index < -0.39 is 17.9 Å². The molecule has 1 amide bonds. The molecule has 2 rings (SSSR count). The van der Waals surface area contributed by atoms with Gasteiger partial charge in [-0.3, -0.25) is 9.59 Å². The number of nitrogens with one attached hydrogen (secondary N) is 2. The van der Waals surface area contributed by atoms with Crippen molar-refractivity contribution in [2.45, 2.75) is 53.0 Å². The molecule has 0 saturated heterocycles. The number of allylic oxidation sites excluding steroid dienone is 3. The van der Waals surface area contributed by atoms with Gasteiger partial charge in [0.1, 0.15) is 11.5 Å². The minimum atomic E-state index is -2.45. The highest BCUT2D eigenvalue weighted by molar-refractivity contribution is 5.92. The summed E-state index contributed by atoms with van der Waals surface area (Å²) in [5, 5.41) is 2.90. The van der Waals surface area contributed by atoms with Crippen molar-refractivity contribution < 1.29 is 13.6 Å². The lowest BCUT2D eigenvalue weighted by atomic mass is 9.78. The fourth-order valence-electron chi connectivity index (χ4n) is 2.86. The lowest BCUT2D eigenvalue weighted by Crippen LogP contribution is -2.45. The summed E-state index contributed by atoms with van der Waals surface area (Å²) in [4.78, 5) is 30.6. The van der Waals surface area contributed by atoms with Gasteiger partial charge in [-0.15, -0.1) is 0 Å². The van der Waals surface area contributed by atoms with Gasteiger partial charge >= 0.3 is 0 Å². The van der Waals surface area contributed by atoms with Crippen LogP contribution < -0.4 is 10.9 Å². The minimum absolute atomic E-state index is 0.0377. The number of aryl methyl sites for hydroxylation is 1. The number of amides is 1. The Labute approximate surface area is 145 Å². The number of aromatic amines is 1. The maximum atomic E-state index is 12.8. The Bertz CT molecular complexity index is 773. The van der Waals surface area contributed by atoms with Gasteiger partial charge in [0.25, 0.3) is 17.9 Å². The minimum Gasteiger partial charge on any atom is -0.344 e. The van der Waals surface area contributed by atoms with E-state index in [0.29, 0.717) is 12.2 Å². The molecule has 0 saturated carbocycles. The molecule has 1 unspecified atom stereocenters. The van der Waals surface area contributed by atoms with E-state index in [1.54, 1.807) is 13.0 Å². The summed E-state index contributed by atoms with van der Waals surface area (Å²) in [6, 6.07) is 0.795. The number of alkyl halides is 2. The first kappa shape index (κ1) is 19.0. The molecular formula is C18H23F2N3O2. The SMILES string of the molecule is Cc1nc(C(=O)NC(C2=CC=C(C(F)F)CC2)C(C)(C)C)cc(=O)[nH]1. The van der Waals surface area contributed by atoms with Crippen LogP contribution in [0.15, 0.2) is 34.2 Å². The standard InChI is InChI=1S/C18H23F2N3O2/c1-10-21-13(9-14(24)22-10)17(25)23-15(18(2,3)4)11-5-7-12(8-6-11)16(19)20/h5,7,9,15-16H,6,8H2,1-4H3,(H,23,25)(H,21,22,24). The van der Waals surface area contributed by atoms with Gasteiger partial charge in [-0.05, 0) is 36.3 Å². The second kappa shape index (κ2) is 7.29. The van der Waals surface area contributed by atoms with E-state index in [0.717, 1.165) is 11.6 Å². The molecule has 0 aliphatic heterocycles. The number of nitrogens with zero attached hydrogens (tertiary/aromatic N) is 1. The Morgan fingerprint density at radius 3 is 2.32 bits per heavy atom. The monoisotopic (exact) mass is 351 g/mol. The predicted molar refractivity (Wildman–Crippen MR) is 91.7 cm³/mol. The summed E-state index contributed by atoms with van der Waals surface area (Å²) in [5.41, 5.74) is 0.303. The number of H-pyrrole nitrogens is 1. The fourth-order valence-corrected chi connectivity index (χ4v) is 2.86. The van der Waals surface area contributed by atoms with Gasteiger partial charge in [-0.25, -0.2) is 13.8 Å². The second-order valence-corrected chi connectivity index (χ2v) is 7.27. The van der Waals surface area contributed by atoms with Crippen LogP contribution >= 0.6 is 0 Å². The Kier molecular flexibility index (Phi) is 5.55. The van der Waals surface area contributed by atoms with Gasteiger partial charge in [0.15, 0.2) is 0 Å². The highest BCUT2D eigenvalue weighted by Gasteiger charge is 2.31. The van der Waals surface area contributed by atoms with Crippen molar-refractivity contribution in [2.75, 3.05) is 0 Å². The van der Waals surface area contributed by atoms with Crippen LogP contribution in [0.5, 0.6) is 0 Å². The lowest BCUT2D eigenvalue weighted by molar-refractivity contribution is 0.0908. The molecule has 1 atom stereocenters. The highest BCUT2D eigenvalue weighted by atomic mass is 19.3. The van der Waals surface area contributed by atoms with Crippen molar-refractivity contribution in [3.8, 4) is 0 Å². The van der Waals surface area contributed by atoms with E-state index in [2.05, 4.69) is 15.3 Å². The van der Waals surface area contributed by atoms with Crippen LogP contribution in [0.3, 0.4) is 0 Å². The molecule has 0 radical (unpaired) electrons. The molecule has 136 valence electrons. The summed E-state index contributed by atoms with van der Waals surface area (Å²) < 4.78 is 25.6. The zero-order valence-electron chi connectivity index (χ0n) is 14.8. The number of rotatable bonds is 4. The van der Waals surface area contributed by atoms with E-state index in [1.165, 1.54) is 6.08 Å². The third-order valence-electron chi connectivity index (χ3n) is 4.10. The van der Waals surface area contributed by atoms with Crippen molar-refractivity contribution in [2.24, 2.45) is 5.41 Å². The van der Waals surface area contributed by atoms with Gasteiger partial charge in [-0.2, -0.15) is 0 Å². The molecular weight excluding hydrogens is 328 g/mol. The molecule has 1 aliphatic carbocycles. The summed E-state index contributed by atoms with van der Waals surface area (Å²) >= 11 is 0. The molecule has 1 heterocycles. The molecule has 7 heteroatoms. The molecule has 1 aromatic heterocycles. The Hall–Kier alpha value is -2.31. The van der Waals surface area contributed by atoms with Crippen LogP contribution in [0.2, 0.25) is 0 Å². The van der Waals surface area contributed by atoms with Crippen molar-refractivity contribution in [1.29, 1.82) is 0 Å². The molecule has 0 aromatic carbocycles. The number of carbonyl (C=O) groups is 1. The van der Waals surface area contributed by atoms with Gasteiger partial charge in [0.2, 0.25) is 0 Å². The number of hydrogen-bond donors (Lipinski definition) is 2. The maximum absolute atomic E-state index is 12.8. The first-order valence-corrected chi connectivity index (χ1v) is 8.14. The molecule has 2 N–H and O–H groups in total. The van der Waals surface area contributed by atoms with Gasteiger partial charge in [-0.1, -0.05) is 32.9 Å². The lowest BCUT2D eigenvalue weighted by Gasteiger charge is -2.34. The quantitative estimate of drug-likeness (QED) is 0.875. The first-order valence-electron chi connectivity index (χ1n) is 8.14. The average molecular weight is 351 g/mol. The van der Waals surface area contributed by atoms with E-state index in [1.807, 2.05) is 20.8 Å². The number of hydrogen-bond acceptors (Lipinski definition) is 3. The molecule has 5 nitrogen and oxygen atoms in total. The van der Waals surface area contributed by atoms with Crippen LogP contribution in [0.1, 0.15) is 49.9 Å². The third kappa shape index (κ3) is 4.84. The van der Waals surface area contributed by atoms with Crippen molar-refractivity contribution in [3.63, 3.8) is 0 Å². The molecule has 0 spiro atoms. The Morgan fingerprint density at radius 1 is 1.24 bits per heavy atom. The smallest absolute Gasteiger partial charge is 0.270 e. The number of carbonyl (C=O) groups excluding carboxylic acids is 1. The normalized spacial score (nSPS) is 16.3. The molecule has 0 fully saturated rings. The zero-order valence-corrected chi connectivity index (χ0v) is 14.8. The van der Waals surface area contributed by atoms with Gasteiger partial charge in [0, 0.05) is 6.07 Å². The van der Waals surface area contributed by atoms with Gasteiger partial charge < -0.3 is 10.3 Å². The largest absolute Gasteiger partial charge is 0.344 e.